The van der Waals surface area contributed by atoms with Crippen LogP contribution >= 0.6 is 11.3 Å². The Hall–Kier alpha value is -1.75. The Kier molecular flexibility index (Phi) is 4.04. The van der Waals surface area contributed by atoms with E-state index in [0.29, 0.717) is 12.8 Å². The van der Waals surface area contributed by atoms with Gasteiger partial charge in [-0.15, -0.1) is 11.3 Å². The molecule has 18 heavy (non-hydrogen) atoms. The number of carbonyl (C=O) groups is 1. The van der Waals surface area contributed by atoms with Crippen molar-refractivity contribution in [1.29, 1.82) is 0 Å². The van der Waals surface area contributed by atoms with Crippen molar-refractivity contribution in [1.82, 2.24) is 9.97 Å². The highest BCUT2D eigenvalue weighted by molar-refractivity contribution is 7.13. The molecular weight excluding hydrogens is 248 g/mol. The maximum absolute atomic E-state index is 11.0. The lowest BCUT2D eigenvalue weighted by Gasteiger charge is -1.97. The molecule has 2 aromatic rings. The number of thiazole rings is 1. The Bertz CT molecular complexity index is 551. The maximum Gasteiger partial charge on any atom is 0.305 e. The Balaban J connectivity index is 2.08. The van der Waals surface area contributed by atoms with Crippen LogP contribution in [0.4, 0.5) is 0 Å². The quantitative estimate of drug-likeness (QED) is 0.795. The van der Waals surface area contributed by atoms with Crippen molar-refractivity contribution in [3.05, 3.63) is 35.0 Å². The Labute approximate surface area is 110 Å². The van der Waals surface area contributed by atoms with E-state index in [2.05, 4.69) is 14.7 Å². The summed E-state index contributed by atoms with van der Waals surface area (Å²) < 4.78 is 4.60. The van der Waals surface area contributed by atoms with E-state index in [1.807, 2.05) is 24.4 Å². The number of aromatic nitrogens is 2. The van der Waals surface area contributed by atoms with Gasteiger partial charge in [-0.1, -0.05) is 0 Å². The van der Waals surface area contributed by atoms with Crippen LogP contribution in [-0.2, 0) is 16.0 Å². The summed E-state index contributed by atoms with van der Waals surface area (Å²) in [5.41, 5.74) is 2.94. The number of nitrogens with zero attached hydrogens (tertiary/aromatic N) is 2. The number of aryl methyl sites for hydroxylation is 2. The van der Waals surface area contributed by atoms with Gasteiger partial charge in [0.2, 0.25) is 0 Å². The number of pyridine rings is 1. The third-order valence-corrected chi connectivity index (χ3v) is 3.41. The van der Waals surface area contributed by atoms with Crippen LogP contribution in [0.5, 0.6) is 0 Å². The lowest BCUT2D eigenvalue weighted by atomic mass is 10.2. The largest absolute Gasteiger partial charge is 0.469 e. The van der Waals surface area contributed by atoms with Gasteiger partial charge in [0.1, 0.15) is 5.01 Å². The van der Waals surface area contributed by atoms with E-state index >= 15 is 0 Å². The molecular formula is C13H14N2O2S. The second-order valence-corrected chi connectivity index (χ2v) is 4.80. The number of hydrogen-bond donors (Lipinski definition) is 0. The van der Waals surface area contributed by atoms with E-state index in [9.17, 15) is 4.79 Å². The fourth-order valence-corrected chi connectivity index (χ4v) is 2.35. The number of rotatable bonds is 4. The molecule has 5 heteroatoms. The molecule has 0 aliphatic heterocycles. The fraction of sp³-hybridized carbons (Fsp3) is 0.308. The van der Waals surface area contributed by atoms with Gasteiger partial charge < -0.3 is 4.74 Å². The smallest absolute Gasteiger partial charge is 0.305 e. The zero-order chi connectivity index (χ0) is 13.0. The van der Waals surface area contributed by atoms with E-state index in [0.717, 1.165) is 22.0 Å². The number of esters is 1. The molecule has 0 radical (unpaired) electrons. The minimum atomic E-state index is -0.210. The van der Waals surface area contributed by atoms with Gasteiger partial charge in [-0.3, -0.25) is 9.78 Å². The summed E-state index contributed by atoms with van der Waals surface area (Å²) in [5.74, 6) is -0.210. The first kappa shape index (κ1) is 12.7. The lowest BCUT2D eigenvalue weighted by Crippen LogP contribution is -2.01. The molecule has 0 spiro atoms. The van der Waals surface area contributed by atoms with Gasteiger partial charge in [0.15, 0.2) is 0 Å². The van der Waals surface area contributed by atoms with Crippen molar-refractivity contribution < 1.29 is 9.53 Å². The Morgan fingerprint density at radius 1 is 1.50 bits per heavy atom. The van der Waals surface area contributed by atoms with Gasteiger partial charge in [0.25, 0.3) is 0 Å². The minimum absolute atomic E-state index is 0.210. The highest BCUT2D eigenvalue weighted by Crippen LogP contribution is 2.22. The van der Waals surface area contributed by atoms with Crippen LogP contribution in [0.25, 0.3) is 10.7 Å². The number of ether oxygens (including phenoxy) is 1. The van der Waals surface area contributed by atoms with Crippen LogP contribution < -0.4 is 0 Å². The molecule has 0 bridgehead atoms. The van der Waals surface area contributed by atoms with Gasteiger partial charge in [-0.2, -0.15) is 0 Å². The summed E-state index contributed by atoms with van der Waals surface area (Å²) in [5, 5.41) is 2.85. The molecule has 0 aliphatic carbocycles. The average Bonchev–Trinajstić information content (AvgIpc) is 2.84. The predicted molar refractivity (Wildman–Crippen MR) is 70.4 cm³/mol. The van der Waals surface area contributed by atoms with Crippen LogP contribution in [0.3, 0.4) is 0 Å². The van der Waals surface area contributed by atoms with Crippen LogP contribution in [0.1, 0.15) is 17.7 Å². The van der Waals surface area contributed by atoms with E-state index in [-0.39, 0.29) is 5.97 Å². The molecule has 2 aromatic heterocycles. The molecule has 2 rings (SSSR count). The summed E-state index contributed by atoms with van der Waals surface area (Å²) in [6.07, 6.45) is 2.75. The van der Waals surface area contributed by atoms with Gasteiger partial charge in [0, 0.05) is 18.0 Å². The van der Waals surface area contributed by atoms with Crippen molar-refractivity contribution in [2.45, 2.75) is 19.8 Å². The molecule has 0 aliphatic rings. The fourth-order valence-electron chi connectivity index (χ4n) is 1.52. The molecule has 0 amide bonds. The van der Waals surface area contributed by atoms with E-state index < -0.39 is 0 Å². The zero-order valence-electron chi connectivity index (χ0n) is 10.3. The second-order valence-electron chi connectivity index (χ2n) is 3.94. The van der Waals surface area contributed by atoms with Crippen LogP contribution in [-0.4, -0.2) is 23.0 Å². The zero-order valence-corrected chi connectivity index (χ0v) is 11.2. The number of methoxy groups -OCH3 is 1. The summed E-state index contributed by atoms with van der Waals surface area (Å²) in [6, 6.07) is 3.96. The van der Waals surface area contributed by atoms with Gasteiger partial charge in [-0.25, -0.2) is 4.98 Å². The topological polar surface area (TPSA) is 52.1 Å². The van der Waals surface area contributed by atoms with Gasteiger partial charge >= 0.3 is 5.97 Å². The summed E-state index contributed by atoms with van der Waals surface area (Å²) >= 11 is 1.54. The van der Waals surface area contributed by atoms with Crippen molar-refractivity contribution in [2.75, 3.05) is 7.11 Å². The summed E-state index contributed by atoms with van der Waals surface area (Å²) in [6.45, 7) is 2.02. The van der Waals surface area contributed by atoms with Crippen molar-refractivity contribution in [3.8, 4) is 10.7 Å². The number of hydrogen-bond acceptors (Lipinski definition) is 5. The second kappa shape index (κ2) is 5.73. The molecule has 94 valence electrons. The molecule has 4 nitrogen and oxygen atoms in total. The van der Waals surface area contributed by atoms with Crippen LogP contribution in [0.15, 0.2) is 23.7 Å². The first-order valence-electron chi connectivity index (χ1n) is 5.63. The number of carbonyl (C=O) groups excluding carboxylic acids is 1. The third kappa shape index (κ3) is 3.13. The van der Waals surface area contributed by atoms with Gasteiger partial charge in [-0.05, 0) is 24.6 Å². The first-order chi connectivity index (χ1) is 8.69. The van der Waals surface area contributed by atoms with Crippen LogP contribution in [0, 0.1) is 6.92 Å². The minimum Gasteiger partial charge on any atom is -0.469 e. The predicted octanol–water partition coefficient (Wildman–Crippen LogP) is 2.62. The monoisotopic (exact) mass is 262 g/mol. The Morgan fingerprint density at radius 3 is 3.06 bits per heavy atom. The third-order valence-electron chi connectivity index (χ3n) is 2.50. The molecule has 0 atom stereocenters. The molecule has 0 fully saturated rings. The summed E-state index contributed by atoms with van der Waals surface area (Å²) in [4.78, 5) is 19.8. The molecule has 0 N–H and O–H groups in total. The summed E-state index contributed by atoms with van der Waals surface area (Å²) in [7, 11) is 1.39. The SMILES string of the molecule is COC(=O)CCc1csc(-c2cc(C)ccn2)n1. The highest BCUT2D eigenvalue weighted by atomic mass is 32.1. The van der Waals surface area contributed by atoms with Crippen LogP contribution in [0.2, 0.25) is 0 Å². The van der Waals surface area contributed by atoms with Crippen molar-refractivity contribution in [3.63, 3.8) is 0 Å². The lowest BCUT2D eigenvalue weighted by molar-refractivity contribution is -0.140. The Morgan fingerprint density at radius 2 is 2.33 bits per heavy atom. The van der Waals surface area contributed by atoms with E-state index in [1.54, 1.807) is 17.5 Å². The average molecular weight is 262 g/mol. The van der Waals surface area contributed by atoms with E-state index in [1.165, 1.54) is 7.11 Å². The molecule has 0 unspecified atom stereocenters. The molecule has 0 saturated carbocycles. The van der Waals surface area contributed by atoms with E-state index in [4.69, 9.17) is 0 Å². The normalized spacial score (nSPS) is 10.3. The maximum atomic E-state index is 11.0. The highest BCUT2D eigenvalue weighted by Gasteiger charge is 2.08. The molecule has 0 aromatic carbocycles. The van der Waals surface area contributed by atoms with Crippen molar-refractivity contribution in [2.24, 2.45) is 0 Å². The van der Waals surface area contributed by atoms with Crippen molar-refractivity contribution >= 4 is 17.3 Å². The molecule has 0 saturated heterocycles. The first-order valence-corrected chi connectivity index (χ1v) is 6.51. The molecule has 2 heterocycles. The standard InChI is InChI=1S/C13H14N2O2S/c1-9-5-6-14-11(7-9)13-15-10(8-18-13)3-4-12(16)17-2/h5-8H,3-4H2,1-2H3. The van der Waals surface area contributed by atoms with Gasteiger partial charge in [0.05, 0.1) is 24.9 Å².